The van der Waals surface area contributed by atoms with Gasteiger partial charge in [0.15, 0.2) is 0 Å². The molecule has 0 amide bonds. The van der Waals surface area contributed by atoms with Gasteiger partial charge in [-0.25, -0.2) is 8.42 Å². The highest BCUT2D eigenvalue weighted by Crippen LogP contribution is 2.35. The lowest BCUT2D eigenvalue weighted by molar-refractivity contribution is -0.126. The summed E-state index contributed by atoms with van der Waals surface area (Å²) in [6.07, 6.45) is 0.496. The summed E-state index contributed by atoms with van der Waals surface area (Å²) in [4.78, 5) is 13.2. The number of Topliss-reactive ketones (excluding diaryl/α,β-unsaturated/α-hetero) is 1. The number of sulfonamides is 1. The van der Waals surface area contributed by atoms with E-state index in [1.165, 1.54) is 6.92 Å². The lowest BCUT2D eigenvalue weighted by atomic mass is 9.74. The summed E-state index contributed by atoms with van der Waals surface area (Å²) >= 11 is 0. The van der Waals surface area contributed by atoms with Gasteiger partial charge in [0.2, 0.25) is 10.0 Å². The number of hydrogen-bond donors (Lipinski definition) is 2. The van der Waals surface area contributed by atoms with E-state index in [4.69, 9.17) is 5.84 Å². The minimum Gasteiger partial charge on any atom is -0.299 e. The van der Waals surface area contributed by atoms with Crippen molar-refractivity contribution in [2.24, 2.45) is 16.7 Å². The van der Waals surface area contributed by atoms with Crippen LogP contribution >= 0.6 is 0 Å². The summed E-state index contributed by atoms with van der Waals surface area (Å²) in [6.45, 7) is 8.78. The Balaban J connectivity index is 4.78. The van der Waals surface area contributed by atoms with Crippen LogP contribution < -0.4 is 10.7 Å². The van der Waals surface area contributed by atoms with E-state index in [-0.39, 0.29) is 11.5 Å². The standard InChI is InChI=1S/C10H22N2O3S/c1-8(13)10(4,5)6-9(2,3)7-16(14,15)12-11/h12H,6-7,11H2,1-5H3. The van der Waals surface area contributed by atoms with E-state index in [0.717, 1.165) is 0 Å². The van der Waals surface area contributed by atoms with Gasteiger partial charge in [0.25, 0.3) is 0 Å². The van der Waals surface area contributed by atoms with Gasteiger partial charge in [-0.15, -0.1) is 0 Å². The molecule has 0 aliphatic carbocycles. The Morgan fingerprint density at radius 2 is 1.69 bits per heavy atom. The predicted octanol–water partition coefficient (Wildman–Crippen LogP) is 0.811. The molecule has 0 unspecified atom stereocenters. The lowest BCUT2D eigenvalue weighted by Crippen LogP contribution is -2.40. The molecule has 0 aromatic carbocycles. The number of ketones is 1. The molecule has 0 saturated carbocycles. The third-order valence-electron chi connectivity index (χ3n) is 2.63. The Kier molecular flexibility index (Phi) is 4.67. The average molecular weight is 250 g/mol. The molecule has 0 saturated heterocycles. The van der Waals surface area contributed by atoms with Crippen molar-refractivity contribution in [2.45, 2.75) is 41.0 Å². The van der Waals surface area contributed by atoms with E-state index in [2.05, 4.69) is 0 Å². The van der Waals surface area contributed by atoms with Gasteiger partial charge < -0.3 is 0 Å². The summed E-state index contributed by atoms with van der Waals surface area (Å²) in [5.74, 6) is 4.90. The smallest absolute Gasteiger partial charge is 0.224 e. The summed E-state index contributed by atoms with van der Waals surface area (Å²) in [6, 6.07) is 0. The number of hydrogen-bond acceptors (Lipinski definition) is 4. The number of carbonyl (C=O) groups excluding carboxylic acids is 1. The fourth-order valence-electron chi connectivity index (χ4n) is 1.93. The van der Waals surface area contributed by atoms with E-state index in [1.54, 1.807) is 4.83 Å². The quantitative estimate of drug-likeness (QED) is 0.539. The fraction of sp³-hybridized carbons (Fsp3) is 0.900. The Hall–Kier alpha value is -0.460. The molecule has 0 bridgehead atoms. The maximum absolute atomic E-state index is 11.4. The van der Waals surface area contributed by atoms with Crippen LogP contribution in [-0.4, -0.2) is 20.0 Å². The third-order valence-corrected chi connectivity index (χ3v) is 4.15. The molecule has 0 aliphatic heterocycles. The molecule has 0 fully saturated rings. The summed E-state index contributed by atoms with van der Waals surface area (Å²) in [7, 11) is -3.46. The fourth-order valence-corrected chi connectivity index (χ4v) is 3.14. The highest BCUT2D eigenvalue weighted by atomic mass is 32.2. The minimum absolute atomic E-state index is 0.0543. The molecule has 0 spiro atoms. The molecule has 0 aromatic rings. The first-order valence-electron chi connectivity index (χ1n) is 5.13. The van der Waals surface area contributed by atoms with Gasteiger partial charge >= 0.3 is 0 Å². The van der Waals surface area contributed by atoms with E-state index in [1.807, 2.05) is 27.7 Å². The zero-order chi connectivity index (χ0) is 13.2. The number of nitrogens with one attached hydrogen (secondary N) is 1. The van der Waals surface area contributed by atoms with Gasteiger partial charge in [0.05, 0.1) is 5.75 Å². The summed E-state index contributed by atoms with van der Waals surface area (Å²) in [5, 5.41) is 0. The molecule has 0 atom stereocenters. The Bertz CT molecular complexity index is 358. The molecule has 3 N–H and O–H groups in total. The highest BCUT2D eigenvalue weighted by Gasteiger charge is 2.35. The van der Waals surface area contributed by atoms with Crippen LogP contribution in [0.2, 0.25) is 0 Å². The number of rotatable bonds is 6. The van der Waals surface area contributed by atoms with Crippen LogP contribution in [0.3, 0.4) is 0 Å². The third kappa shape index (κ3) is 5.05. The van der Waals surface area contributed by atoms with Crippen LogP contribution in [0, 0.1) is 10.8 Å². The second-order valence-electron chi connectivity index (χ2n) is 5.66. The van der Waals surface area contributed by atoms with Crippen LogP contribution in [0.1, 0.15) is 41.0 Å². The van der Waals surface area contributed by atoms with Gasteiger partial charge in [-0.2, -0.15) is 4.83 Å². The molecule has 0 heterocycles. The summed E-state index contributed by atoms with van der Waals surface area (Å²) < 4.78 is 22.7. The number of carbonyl (C=O) groups is 1. The van der Waals surface area contributed by atoms with E-state index < -0.39 is 20.9 Å². The van der Waals surface area contributed by atoms with Crippen LogP contribution in [0.4, 0.5) is 0 Å². The van der Waals surface area contributed by atoms with E-state index in [0.29, 0.717) is 6.42 Å². The SMILES string of the molecule is CC(=O)C(C)(C)CC(C)(C)CS(=O)(=O)NN. The second-order valence-corrected chi connectivity index (χ2v) is 7.41. The molecular formula is C10H22N2O3S. The second kappa shape index (κ2) is 4.81. The van der Waals surface area contributed by atoms with Gasteiger partial charge in [0.1, 0.15) is 5.78 Å². The normalized spacial score (nSPS) is 13.9. The average Bonchev–Trinajstić information content (AvgIpc) is 1.99. The van der Waals surface area contributed by atoms with Crippen molar-refractivity contribution in [1.29, 1.82) is 0 Å². The Morgan fingerprint density at radius 3 is 2.00 bits per heavy atom. The predicted molar refractivity (Wildman–Crippen MR) is 64.0 cm³/mol. The first kappa shape index (κ1) is 15.5. The van der Waals surface area contributed by atoms with Crippen LogP contribution in [-0.2, 0) is 14.8 Å². The van der Waals surface area contributed by atoms with E-state index in [9.17, 15) is 13.2 Å². The van der Waals surface area contributed by atoms with Crippen LogP contribution in [0.15, 0.2) is 0 Å². The van der Waals surface area contributed by atoms with Gasteiger partial charge in [-0.3, -0.25) is 10.6 Å². The molecule has 6 heteroatoms. The number of hydrazine groups is 1. The van der Waals surface area contributed by atoms with Gasteiger partial charge in [0, 0.05) is 5.41 Å². The van der Waals surface area contributed by atoms with Crippen molar-refractivity contribution in [1.82, 2.24) is 4.83 Å². The molecule has 0 rings (SSSR count). The molecule has 0 aromatic heterocycles. The largest absolute Gasteiger partial charge is 0.299 e. The van der Waals surface area contributed by atoms with Crippen LogP contribution in [0.25, 0.3) is 0 Å². The Morgan fingerprint density at radius 1 is 1.25 bits per heavy atom. The first-order valence-corrected chi connectivity index (χ1v) is 6.78. The maximum atomic E-state index is 11.4. The topological polar surface area (TPSA) is 89.3 Å². The van der Waals surface area contributed by atoms with Crippen molar-refractivity contribution in [3.8, 4) is 0 Å². The molecule has 96 valence electrons. The van der Waals surface area contributed by atoms with Crippen molar-refractivity contribution in [2.75, 3.05) is 5.75 Å². The van der Waals surface area contributed by atoms with Gasteiger partial charge in [-0.1, -0.05) is 27.7 Å². The van der Waals surface area contributed by atoms with Crippen molar-refractivity contribution >= 4 is 15.8 Å². The van der Waals surface area contributed by atoms with Crippen molar-refractivity contribution in [3.05, 3.63) is 0 Å². The zero-order valence-electron chi connectivity index (χ0n) is 10.6. The van der Waals surface area contributed by atoms with Crippen molar-refractivity contribution in [3.63, 3.8) is 0 Å². The molecule has 5 nitrogen and oxygen atoms in total. The lowest BCUT2D eigenvalue weighted by Gasteiger charge is -2.32. The molecular weight excluding hydrogens is 228 g/mol. The molecule has 0 aliphatic rings. The minimum atomic E-state index is -3.46. The van der Waals surface area contributed by atoms with Crippen molar-refractivity contribution < 1.29 is 13.2 Å². The monoisotopic (exact) mass is 250 g/mol. The maximum Gasteiger partial charge on any atom is 0.224 e. The summed E-state index contributed by atoms with van der Waals surface area (Å²) in [5.41, 5.74) is -1.02. The number of nitrogens with two attached hydrogens (primary N) is 1. The van der Waals surface area contributed by atoms with Crippen LogP contribution in [0.5, 0.6) is 0 Å². The first-order chi connectivity index (χ1) is 6.92. The molecule has 0 radical (unpaired) electrons. The Labute approximate surface area is 97.8 Å². The highest BCUT2D eigenvalue weighted by molar-refractivity contribution is 7.89. The van der Waals surface area contributed by atoms with E-state index >= 15 is 0 Å². The molecule has 16 heavy (non-hydrogen) atoms. The van der Waals surface area contributed by atoms with Gasteiger partial charge in [-0.05, 0) is 18.8 Å². The zero-order valence-corrected chi connectivity index (χ0v) is 11.4.